The van der Waals surface area contributed by atoms with Crippen LogP contribution in [0.5, 0.6) is 0 Å². The van der Waals surface area contributed by atoms with E-state index in [1.54, 1.807) is 0 Å². The molecule has 2 aromatic rings. The van der Waals surface area contributed by atoms with Crippen molar-refractivity contribution < 1.29 is 5.11 Å². The van der Waals surface area contributed by atoms with E-state index in [2.05, 4.69) is 28.5 Å². The highest BCUT2D eigenvalue weighted by molar-refractivity contribution is 5.82. The fraction of sp³-hybridized carbons (Fsp3) is 0.429. The van der Waals surface area contributed by atoms with Gasteiger partial charge in [0, 0.05) is 23.6 Å². The monoisotopic (exact) mass is 232 g/mol. The maximum atomic E-state index is 9.44. The van der Waals surface area contributed by atoms with Crippen molar-refractivity contribution in [3.63, 3.8) is 0 Å². The Morgan fingerprint density at radius 1 is 1.35 bits per heavy atom. The molecule has 0 spiro atoms. The van der Waals surface area contributed by atoms with Crippen LogP contribution in [0.15, 0.2) is 30.5 Å². The first-order chi connectivity index (χ1) is 8.31. The van der Waals surface area contributed by atoms with Crippen LogP contribution >= 0.6 is 0 Å². The first-order valence-corrected chi connectivity index (χ1v) is 6.25. The number of hydrogen-bond donors (Lipinski definition) is 3. The van der Waals surface area contributed by atoms with Crippen molar-refractivity contribution >= 4 is 10.9 Å². The molecule has 1 heterocycles. The summed E-state index contributed by atoms with van der Waals surface area (Å²) in [5, 5.41) is 14.1. The Morgan fingerprint density at radius 3 is 3.00 bits per heavy atom. The molecule has 0 aliphatic rings. The third-order valence-corrected chi connectivity index (χ3v) is 3.12. The number of para-hydroxylation sites is 1. The van der Waals surface area contributed by atoms with Crippen LogP contribution in [0.4, 0.5) is 0 Å². The van der Waals surface area contributed by atoms with Gasteiger partial charge in [0.15, 0.2) is 0 Å². The van der Waals surface area contributed by atoms with E-state index in [1.807, 2.05) is 19.2 Å². The maximum absolute atomic E-state index is 9.44. The summed E-state index contributed by atoms with van der Waals surface area (Å²) in [6, 6.07) is 8.30. The van der Waals surface area contributed by atoms with Gasteiger partial charge in [0.25, 0.3) is 0 Å². The summed E-state index contributed by atoms with van der Waals surface area (Å²) in [6.45, 7) is 3.71. The zero-order chi connectivity index (χ0) is 12.1. The van der Waals surface area contributed by atoms with Crippen LogP contribution < -0.4 is 5.32 Å². The van der Waals surface area contributed by atoms with Crippen LogP contribution in [-0.4, -0.2) is 22.7 Å². The van der Waals surface area contributed by atoms with Crippen LogP contribution in [0.3, 0.4) is 0 Å². The second-order valence-electron chi connectivity index (χ2n) is 4.39. The average molecular weight is 232 g/mol. The summed E-state index contributed by atoms with van der Waals surface area (Å²) in [6.07, 6.45) is 3.52. The highest BCUT2D eigenvalue weighted by atomic mass is 16.3. The third kappa shape index (κ3) is 3.08. The highest BCUT2D eigenvalue weighted by Gasteiger charge is 2.03. The molecule has 0 saturated heterocycles. The number of hydrogen-bond acceptors (Lipinski definition) is 2. The fourth-order valence-electron chi connectivity index (χ4n) is 1.97. The number of rotatable bonds is 6. The normalized spacial score (nSPS) is 13.1. The van der Waals surface area contributed by atoms with Crippen LogP contribution in [0.1, 0.15) is 25.3 Å². The Kier molecular flexibility index (Phi) is 4.18. The number of nitrogens with one attached hydrogen (secondary N) is 2. The van der Waals surface area contributed by atoms with Gasteiger partial charge in [0.1, 0.15) is 0 Å². The van der Waals surface area contributed by atoms with E-state index >= 15 is 0 Å². The van der Waals surface area contributed by atoms with Crippen molar-refractivity contribution in [1.29, 1.82) is 0 Å². The van der Waals surface area contributed by atoms with Crippen molar-refractivity contribution in [3.8, 4) is 0 Å². The largest absolute Gasteiger partial charge is 0.393 e. The van der Waals surface area contributed by atoms with E-state index in [4.69, 9.17) is 0 Å². The SMILES string of the molecule is CCC(O)CCNCc1c[nH]c2ccccc12. The summed E-state index contributed by atoms with van der Waals surface area (Å²) < 4.78 is 0. The quantitative estimate of drug-likeness (QED) is 0.670. The first kappa shape index (κ1) is 12.1. The number of aromatic nitrogens is 1. The topological polar surface area (TPSA) is 48.0 Å². The van der Waals surface area contributed by atoms with Gasteiger partial charge in [-0.3, -0.25) is 0 Å². The molecule has 0 saturated carbocycles. The van der Waals surface area contributed by atoms with Gasteiger partial charge >= 0.3 is 0 Å². The number of aliphatic hydroxyl groups excluding tert-OH is 1. The van der Waals surface area contributed by atoms with Crippen molar-refractivity contribution in [3.05, 3.63) is 36.0 Å². The minimum Gasteiger partial charge on any atom is -0.393 e. The zero-order valence-electron chi connectivity index (χ0n) is 10.2. The van der Waals surface area contributed by atoms with Gasteiger partial charge in [0.05, 0.1) is 6.10 Å². The molecule has 0 bridgehead atoms. The zero-order valence-corrected chi connectivity index (χ0v) is 10.2. The van der Waals surface area contributed by atoms with E-state index in [0.29, 0.717) is 0 Å². The van der Waals surface area contributed by atoms with Crippen LogP contribution in [-0.2, 0) is 6.54 Å². The summed E-state index contributed by atoms with van der Waals surface area (Å²) in [5.41, 5.74) is 2.46. The molecule has 3 nitrogen and oxygen atoms in total. The minimum atomic E-state index is -0.175. The lowest BCUT2D eigenvalue weighted by Gasteiger charge is -2.08. The Labute approximate surface area is 102 Å². The van der Waals surface area contributed by atoms with E-state index in [0.717, 1.165) is 25.9 Å². The summed E-state index contributed by atoms with van der Waals surface area (Å²) in [7, 11) is 0. The lowest BCUT2D eigenvalue weighted by atomic mass is 10.1. The van der Waals surface area contributed by atoms with Crippen LogP contribution in [0, 0.1) is 0 Å². The van der Waals surface area contributed by atoms with Gasteiger partial charge in [0.2, 0.25) is 0 Å². The van der Waals surface area contributed by atoms with Crippen molar-refractivity contribution in [1.82, 2.24) is 10.3 Å². The molecule has 0 aliphatic carbocycles. The predicted octanol–water partition coefficient (Wildman–Crippen LogP) is 2.42. The van der Waals surface area contributed by atoms with Gasteiger partial charge in [-0.15, -0.1) is 0 Å². The van der Waals surface area contributed by atoms with Crippen LogP contribution in [0.2, 0.25) is 0 Å². The minimum absolute atomic E-state index is 0.175. The second kappa shape index (κ2) is 5.84. The Morgan fingerprint density at radius 2 is 2.18 bits per heavy atom. The number of aromatic amines is 1. The molecule has 0 radical (unpaired) electrons. The van der Waals surface area contributed by atoms with Crippen molar-refractivity contribution in [2.45, 2.75) is 32.4 Å². The van der Waals surface area contributed by atoms with Crippen molar-refractivity contribution in [2.24, 2.45) is 0 Å². The van der Waals surface area contributed by atoms with Gasteiger partial charge < -0.3 is 15.4 Å². The molecule has 17 heavy (non-hydrogen) atoms. The molecule has 1 aromatic heterocycles. The smallest absolute Gasteiger partial charge is 0.0549 e. The van der Waals surface area contributed by atoms with E-state index < -0.39 is 0 Å². The lowest BCUT2D eigenvalue weighted by molar-refractivity contribution is 0.159. The van der Waals surface area contributed by atoms with Gasteiger partial charge in [-0.25, -0.2) is 0 Å². The van der Waals surface area contributed by atoms with E-state index in [-0.39, 0.29) is 6.10 Å². The second-order valence-corrected chi connectivity index (χ2v) is 4.39. The summed E-state index contributed by atoms with van der Waals surface area (Å²) >= 11 is 0. The number of aliphatic hydroxyl groups is 1. The molecule has 0 fully saturated rings. The molecule has 2 rings (SSSR count). The fourth-order valence-corrected chi connectivity index (χ4v) is 1.97. The molecule has 3 N–H and O–H groups in total. The van der Waals surface area contributed by atoms with Gasteiger partial charge in [-0.2, -0.15) is 0 Å². The Balaban J connectivity index is 1.87. The Hall–Kier alpha value is -1.32. The maximum Gasteiger partial charge on any atom is 0.0549 e. The number of H-pyrrole nitrogens is 1. The van der Waals surface area contributed by atoms with Crippen molar-refractivity contribution in [2.75, 3.05) is 6.54 Å². The molecule has 1 unspecified atom stereocenters. The van der Waals surface area contributed by atoms with Gasteiger partial charge in [-0.05, 0) is 31.0 Å². The summed E-state index contributed by atoms with van der Waals surface area (Å²) in [5.74, 6) is 0. The predicted molar refractivity (Wildman–Crippen MR) is 70.9 cm³/mol. The average Bonchev–Trinajstić information content (AvgIpc) is 2.78. The summed E-state index contributed by atoms with van der Waals surface area (Å²) in [4.78, 5) is 3.26. The molecule has 3 heteroatoms. The lowest BCUT2D eigenvalue weighted by Crippen LogP contribution is -2.19. The number of benzene rings is 1. The van der Waals surface area contributed by atoms with E-state index in [9.17, 15) is 5.11 Å². The van der Waals surface area contributed by atoms with Gasteiger partial charge in [-0.1, -0.05) is 25.1 Å². The van der Waals surface area contributed by atoms with E-state index in [1.165, 1.54) is 16.5 Å². The number of fused-ring (bicyclic) bond motifs is 1. The molecule has 1 atom stereocenters. The van der Waals surface area contributed by atoms with Crippen LogP contribution in [0.25, 0.3) is 10.9 Å². The standard InChI is InChI=1S/C14H20N2O/c1-2-12(17)7-8-15-9-11-10-16-14-6-4-3-5-13(11)14/h3-6,10,12,15-17H,2,7-9H2,1H3. The molecule has 1 aromatic carbocycles. The Bertz CT molecular complexity index is 464. The molecule has 92 valence electrons. The molecular formula is C14H20N2O. The highest BCUT2D eigenvalue weighted by Crippen LogP contribution is 2.17. The molecule has 0 aliphatic heterocycles. The third-order valence-electron chi connectivity index (χ3n) is 3.12. The molecule has 0 amide bonds. The first-order valence-electron chi connectivity index (χ1n) is 6.25. The molecular weight excluding hydrogens is 212 g/mol.